The fourth-order valence-electron chi connectivity index (χ4n) is 3.33. The molecule has 5 nitrogen and oxygen atoms in total. The Morgan fingerprint density at radius 3 is 2.38 bits per heavy atom. The van der Waals surface area contributed by atoms with E-state index in [4.69, 9.17) is 4.74 Å². The van der Waals surface area contributed by atoms with Crippen molar-refractivity contribution in [1.29, 1.82) is 0 Å². The molecule has 5 heteroatoms. The van der Waals surface area contributed by atoms with E-state index in [0.717, 1.165) is 22.4 Å². The van der Waals surface area contributed by atoms with Gasteiger partial charge < -0.3 is 14.7 Å². The highest BCUT2D eigenvalue weighted by Gasteiger charge is 2.26. The van der Waals surface area contributed by atoms with Crippen molar-refractivity contribution in [3.05, 3.63) is 95.8 Å². The van der Waals surface area contributed by atoms with Gasteiger partial charge in [0, 0.05) is 19.4 Å². The van der Waals surface area contributed by atoms with Crippen LogP contribution in [-0.4, -0.2) is 41.6 Å². The smallest absolute Gasteiger partial charge is 0.230 e. The third kappa shape index (κ3) is 5.42. The Morgan fingerprint density at radius 2 is 1.76 bits per heavy atom. The van der Waals surface area contributed by atoms with Crippen molar-refractivity contribution < 1.29 is 14.6 Å². The number of aromatic nitrogens is 1. The van der Waals surface area contributed by atoms with Crippen LogP contribution in [0.25, 0.3) is 0 Å². The van der Waals surface area contributed by atoms with Crippen molar-refractivity contribution in [1.82, 2.24) is 9.88 Å². The first-order valence-corrected chi connectivity index (χ1v) is 9.59. The molecule has 0 aliphatic carbocycles. The van der Waals surface area contributed by atoms with Crippen LogP contribution in [0, 0.1) is 0 Å². The second-order valence-corrected chi connectivity index (χ2v) is 7.04. The summed E-state index contributed by atoms with van der Waals surface area (Å²) >= 11 is 0. The number of benzene rings is 2. The van der Waals surface area contributed by atoms with Crippen LogP contribution >= 0.6 is 0 Å². The van der Waals surface area contributed by atoms with Gasteiger partial charge in [-0.15, -0.1) is 0 Å². The molecule has 2 atom stereocenters. The standard InChI is InChI=1S/C24H26N2O3/c1-26(17-23(27)20-10-12-21(29-2)13-11-20)24(28)22(19-8-4-3-5-9-19)15-18-7-6-14-25-16-18/h3-14,16,22-23,27H,15,17H2,1-2H3. The van der Waals surface area contributed by atoms with E-state index in [1.165, 1.54) is 0 Å². The Balaban J connectivity index is 1.75. The Labute approximate surface area is 171 Å². The van der Waals surface area contributed by atoms with Gasteiger partial charge in [0.05, 0.1) is 25.7 Å². The molecule has 1 heterocycles. The minimum absolute atomic E-state index is 0.0346. The van der Waals surface area contributed by atoms with Crippen molar-refractivity contribution >= 4 is 5.91 Å². The third-order valence-electron chi connectivity index (χ3n) is 4.99. The molecule has 150 valence electrons. The summed E-state index contributed by atoms with van der Waals surface area (Å²) in [6, 6.07) is 20.8. The predicted molar refractivity (Wildman–Crippen MR) is 113 cm³/mol. The maximum absolute atomic E-state index is 13.3. The van der Waals surface area contributed by atoms with Gasteiger partial charge in [0.25, 0.3) is 0 Å². The monoisotopic (exact) mass is 390 g/mol. The summed E-state index contributed by atoms with van der Waals surface area (Å²) in [5, 5.41) is 10.6. The van der Waals surface area contributed by atoms with Crippen LogP contribution in [0.1, 0.15) is 28.7 Å². The quantitative estimate of drug-likeness (QED) is 0.638. The first-order valence-electron chi connectivity index (χ1n) is 9.59. The van der Waals surface area contributed by atoms with Crippen LogP contribution in [0.3, 0.4) is 0 Å². The SMILES string of the molecule is COc1ccc(C(O)CN(C)C(=O)C(Cc2cccnc2)c2ccccc2)cc1. The number of hydrogen-bond donors (Lipinski definition) is 1. The summed E-state index contributed by atoms with van der Waals surface area (Å²) in [4.78, 5) is 19.1. The number of nitrogens with zero attached hydrogens (tertiary/aromatic N) is 2. The molecule has 1 N–H and O–H groups in total. The third-order valence-corrected chi connectivity index (χ3v) is 4.99. The molecule has 1 aromatic heterocycles. The average Bonchev–Trinajstić information content (AvgIpc) is 2.78. The summed E-state index contributed by atoms with van der Waals surface area (Å²) in [7, 11) is 3.33. The van der Waals surface area contributed by atoms with Gasteiger partial charge >= 0.3 is 0 Å². The first-order chi connectivity index (χ1) is 14.1. The van der Waals surface area contributed by atoms with Gasteiger partial charge in [0.15, 0.2) is 0 Å². The zero-order valence-electron chi connectivity index (χ0n) is 16.7. The largest absolute Gasteiger partial charge is 0.497 e. The lowest BCUT2D eigenvalue weighted by molar-refractivity contribution is -0.132. The summed E-state index contributed by atoms with van der Waals surface area (Å²) < 4.78 is 5.15. The maximum Gasteiger partial charge on any atom is 0.230 e. The molecule has 0 aliphatic heterocycles. The molecule has 0 saturated carbocycles. The van der Waals surface area contributed by atoms with E-state index in [9.17, 15) is 9.90 Å². The van der Waals surface area contributed by atoms with Gasteiger partial charge in [-0.25, -0.2) is 0 Å². The predicted octanol–water partition coefficient (Wildman–Crippen LogP) is 3.61. The topological polar surface area (TPSA) is 62.7 Å². The summed E-state index contributed by atoms with van der Waals surface area (Å²) in [5.41, 5.74) is 2.69. The van der Waals surface area contributed by atoms with E-state index in [1.54, 1.807) is 43.6 Å². The number of ether oxygens (including phenoxy) is 1. The van der Waals surface area contributed by atoms with Gasteiger partial charge in [0.1, 0.15) is 5.75 Å². The highest BCUT2D eigenvalue weighted by atomic mass is 16.5. The normalized spacial score (nSPS) is 12.8. The van der Waals surface area contributed by atoms with Crippen LogP contribution in [0.15, 0.2) is 79.1 Å². The summed E-state index contributed by atoms with van der Waals surface area (Å²) in [6.07, 6.45) is 3.29. The summed E-state index contributed by atoms with van der Waals surface area (Å²) in [5.74, 6) is 0.354. The average molecular weight is 390 g/mol. The van der Waals surface area contributed by atoms with Gasteiger partial charge in [0.2, 0.25) is 5.91 Å². The second-order valence-electron chi connectivity index (χ2n) is 7.04. The van der Waals surface area contributed by atoms with Gasteiger partial charge in [-0.2, -0.15) is 0 Å². The second kappa shape index (κ2) is 9.85. The van der Waals surface area contributed by atoms with Crippen LogP contribution in [0.4, 0.5) is 0 Å². The van der Waals surface area contributed by atoms with Crippen LogP contribution in [0.5, 0.6) is 5.75 Å². The fourth-order valence-corrected chi connectivity index (χ4v) is 3.33. The van der Waals surface area contributed by atoms with Crippen molar-refractivity contribution in [2.45, 2.75) is 18.4 Å². The molecule has 0 saturated heterocycles. The zero-order chi connectivity index (χ0) is 20.6. The Morgan fingerprint density at radius 1 is 1.03 bits per heavy atom. The molecule has 2 unspecified atom stereocenters. The number of hydrogen-bond acceptors (Lipinski definition) is 4. The Kier molecular flexibility index (Phi) is 6.98. The number of likely N-dealkylation sites (N-methyl/N-ethyl adjacent to an activating group) is 1. The highest BCUT2D eigenvalue weighted by Crippen LogP contribution is 2.25. The summed E-state index contributed by atoms with van der Waals surface area (Å²) in [6.45, 7) is 0.210. The number of carbonyl (C=O) groups is 1. The Hall–Kier alpha value is -3.18. The fraction of sp³-hybridized carbons (Fsp3) is 0.250. The van der Waals surface area contributed by atoms with Crippen molar-refractivity contribution in [2.75, 3.05) is 20.7 Å². The number of carbonyl (C=O) groups excluding carboxylic acids is 1. The van der Waals surface area contributed by atoms with Crippen molar-refractivity contribution in [2.24, 2.45) is 0 Å². The molecule has 2 aromatic carbocycles. The molecule has 1 amide bonds. The lowest BCUT2D eigenvalue weighted by atomic mass is 9.91. The number of aliphatic hydroxyl groups is 1. The van der Waals surface area contributed by atoms with E-state index in [0.29, 0.717) is 6.42 Å². The molecule has 3 aromatic rings. The lowest BCUT2D eigenvalue weighted by Gasteiger charge is -2.26. The van der Waals surface area contributed by atoms with E-state index in [1.807, 2.05) is 54.6 Å². The number of amides is 1. The first kappa shape index (κ1) is 20.6. The van der Waals surface area contributed by atoms with Gasteiger partial charge in [-0.3, -0.25) is 9.78 Å². The lowest BCUT2D eigenvalue weighted by Crippen LogP contribution is -2.35. The molecule has 0 aliphatic rings. The Bertz CT molecular complexity index is 898. The minimum atomic E-state index is -0.773. The molecule has 0 bridgehead atoms. The van der Waals surface area contributed by atoms with Gasteiger partial charge in [-0.05, 0) is 41.3 Å². The van der Waals surface area contributed by atoms with Gasteiger partial charge in [-0.1, -0.05) is 48.5 Å². The van der Waals surface area contributed by atoms with E-state index in [-0.39, 0.29) is 18.4 Å². The zero-order valence-corrected chi connectivity index (χ0v) is 16.7. The highest BCUT2D eigenvalue weighted by molar-refractivity contribution is 5.84. The molecule has 3 rings (SSSR count). The van der Waals surface area contributed by atoms with Crippen LogP contribution in [-0.2, 0) is 11.2 Å². The number of methoxy groups -OCH3 is 1. The molecule has 29 heavy (non-hydrogen) atoms. The minimum Gasteiger partial charge on any atom is -0.497 e. The number of rotatable bonds is 8. The van der Waals surface area contributed by atoms with Crippen LogP contribution < -0.4 is 4.74 Å². The number of aliphatic hydroxyl groups excluding tert-OH is 1. The van der Waals surface area contributed by atoms with Crippen molar-refractivity contribution in [3.8, 4) is 5.75 Å². The molecular formula is C24H26N2O3. The van der Waals surface area contributed by atoms with Crippen molar-refractivity contribution in [3.63, 3.8) is 0 Å². The van der Waals surface area contributed by atoms with E-state index < -0.39 is 6.10 Å². The van der Waals surface area contributed by atoms with E-state index in [2.05, 4.69) is 4.98 Å². The molecular weight excluding hydrogens is 364 g/mol. The molecule has 0 fully saturated rings. The van der Waals surface area contributed by atoms with E-state index >= 15 is 0 Å². The number of pyridine rings is 1. The van der Waals surface area contributed by atoms with Crippen LogP contribution in [0.2, 0.25) is 0 Å². The molecule has 0 spiro atoms. The maximum atomic E-state index is 13.3. The molecule has 0 radical (unpaired) electrons.